The molecule has 1 fully saturated rings. The molecule has 1 aromatic rings. The molecule has 0 radical (unpaired) electrons. The number of likely N-dealkylation sites (N-methyl/N-ethyl adjacent to an activating group) is 1. The van der Waals surface area contributed by atoms with E-state index in [0.717, 1.165) is 37.8 Å². The molecular formula is C15H21NO2. The number of carbonyl (C=O) groups is 1. The number of nitrogens with zero attached hydrogens (tertiary/aromatic N) is 1. The second-order valence-corrected chi connectivity index (χ2v) is 5.17. The Morgan fingerprint density at radius 3 is 2.83 bits per heavy atom. The predicted molar refractivity (Wildman–Crippen MR) is 71.6 cm³/mol. The van der Waals surface area contributed by atoms with Crippen molar-refractivity contribution in [2.24, 2.45) is 0 Å². The van der Waals surface area contributed by atoms with Gasteiger partial charge in [-0.15, -0.1) is 0 Å². The molecular weight excluding hydrogens is 226 g/mol. The normalized spacial score (nSPS) is 25.0. The fraction of sp³-hybridized carbons (Fsp3) is 0.533. The molecule has 1 N–H and O–H groups in total. The highest BCUT2D eigenvalue weighted by Gasteiger charge is 2.41. The molecule has 0 spiro atoms. The van der Waals surface area contributed by atoms with Crippen LogP contribution in [0.3, 0.4) is 0 Å². The van der Waals surface area contributed by atoms with Gasteiger partial charge in [-0.3, -0.25) is 4.79 Å². The van der Waals surface area contributed by atoms with Crippen LogP contribution in [-0.4, -0.2) is 29.5 Å². The highest BCUT2D eigenvalue weighted by atomic mass is 16.3. The van der Waals surface area contributed by atoms with Crippen LogP contribution in [0.5, 0.6) is 5.75 Å². The summed E-state index contributed by atoms with van der Waals surface area (Å²) in [5.41, 5.74) is 0.494. The number of aromatic hydroxyl groups is 1. The number of rotatable bonds is 2. The minimum Gasteiger partial charge on any atom is -0.508 e. The number of hydrogen-bond acceptors (Lipinski definition) is 2. The second kappa shape index (κ2) is 5.01. The number of likely N-dealkylation sites (tertiary alicyclic amines) is 1. The Morgan fingerprint density at radius 2 is 2.17 bits per heavy atom. The average Bonchev–Trinajstić information content (AvgIpc) is 2.51. The number of hydrogen-bond donors (Lipinski definition) is 1. The van der Waals surface area contributed by atoms with Crippen molar-refractivity contribution in [3.05, 3.63) is 29.8 Å². The van der Waals surface area contributed by atoms with Gasteiger partial charge >= 0.3 is 0 Å². The Morgan fingerprint density at radius 1 is 1.39 bits per heavy atom. The number of amides is 1. The lowest BCUT2D eigenvalue weighted by Crippen LogP contribution is -2.43. The molecule has 0 saturated carbocycles. The second-order valence-electron chi connectivity index (χ2n) is 5.17. The van der Waals surface area contributed by atoms with Gasteiger partial charge in [0.05, 0.1) is 5.41 Å². The zero-order chi connectivity index (χ0) is 13.2. The molecule has 1 heterocycles. The molecule has 3 nitrogen and oxygen atoms in total. The van der Waals surface area contributed by atoms with E-state index in [1.54, 1.807) is 12.1 Å². The fourth-order valence-corrected chi connectivity index (χ4v) is 2.95. The summed E-state index contributed by atoms with van der Waals surface area (Å²) in [4.78, 5) is 14.5. The third-order valence-electron chi connectivity index (χ3n) is 4.11. The van der Waals surface area contributed by atoms with Crippen molar-refractivity contribution in [2.75, 3.05) is 13.6 Å². The van der Waals surface area contributed by atoms with E-state index in [2.05, 4.69) is 6.92 Å². The highest BCUT2D eigenvalue weighted by Crippen LogP contribution is 2.38. The van der Waals surface area contributed by atoms with Gasteiger partial charge in [-0.1, -0.05) is 25.5 Å². The van der Waals surface area contributed by atoms with Crippen molar-refractivity contribution in [1.29, 1.82) is 0 Å². The molecule has 1 aliphatic heterocycles. The SMILES string of the molecule is CC[C@@]1(c2cccc(O)c2)CCCCN(C)C1=O. The Balaban J connectivity index is 2.48. The summed E-state index contributed by atoms with van der Waals surface area (Å²) in [5, 5.41) is 9.65. The van der Waals surface area contributed by atoms with Crippen LogP contribution in [0.4, 0.5) is 0 Å². The zero-order valence-corrected chi connectivity index (χ0v) is 11.1. The van der Waals surface area contributed by atoms with Crippen LogP contribution in [0, 0.1) is 0 Å². The quantitative estimate of drug-likeness (QED) is 0.873. The third kappa shape index (κ3) is 2.09. The van der Waals surface area contributed by atoms with Gasteiger partial charge in [-0.25, -0.2) is 0 Å². The maximum atomic E-state index is 12.7. The maximum absolute atomic E-state index is 12.7. The smallest absolute Gasteiger partial charge is 0.232 e. The molecule has 0 bridgehead atoms. The van der Waals surface area contributed by atoms with E-state index < -0.39 is 5.41 Å². The van der Waals surface area contributed by atoms with Crippen LogP contribution < -0.4 is 0 Å². The Labute approximate surface area is 108 Å². The van der Waals surface area contributed by atoms with E-state index in [1.165, 1.54) is 0 Å². The van der Waals surface area contributed by atoms with Crippen molar-refractivity contribution in [2.45, 2.75) is 38.0 Å². The first-order valence-corrected chi connectivity index (χ1v) is 6.65. The van der Waals surface area contributed by atoms with Crippen LogP contribution in [0.15, 0.2) is 24.3 Å². The van der Waals surface area contributed by atoms with Gasteiger partial charge in [-0.2, -0.15) is 0 Å². The Hall–Kier alpha value is -1.51. The Bertz CT molecular complexity index is 444. The molecule has 0 aromatic heterocycles. The van der Waals surface area contributed by atoms with Gasteiger partial charge < -0.3 is 10.0 Å². The first-order chi connectivity index (χ1) is 8.60. The molecule has 1 amide bonds. The summed E-state index contributed by atoms with van der Waals surface area (Å²) >= 11 is 0. The minimum absolute atomic E-state index is 0.188. The first kappa shape index (κ1) is 12.9. The van der Waals surface area contributed by atoms with Crippen LogP contribution in [0.2, 0.25) is 0 Å². The number of carbonyl (C=O) groups excluding carboxylic acids is 1. The minimum atomic E-state index is -0.454. The van der Waals surface area contributed by atoms with Crippen LogP contribution >= 0.6 is 0 Å². The molecule has 3 heteroatoms. The summed E-state index contributed by atoms with van der Waals surface area (Å²) < 4.78 is 0. The molecule has 1 saturated heterocycles. The standard InChI is InChI=1S/C15H21NO2/c1-3-15(12-7-6-8-13(17)11-12)9-4-5-10-16(2)14(15)18/h6-8,11,17H,3-5,9-10H2,1-2H3/t15-/m0/s1. The van der Waals surface area contributed by atoms with E-state index in [-0.39, 0.29) is 11.7 Å². The largest absolute Gasteiger partial charge is 0.508 e. The molecule has 1 atom stereocenters. The lowest BCUT2D eigenvalue weighted by atomic mass is 9.73. The molecule has 0 unspecified atom stereocenters. The average molecular weight is 247 g/mol. The maximum Gasteiger partial charge on any atom is 0.232 e. The summed E-state index contributed by atoms with van der Waals surface area (Å²) in [6.45, 7) is 2.89. The van der Waals surface area contributed by atoms with Crippen molar-refractivity contribution in [3.63, 3.8) is 0 Å². The van der Waals surface area contributed by atoms with Gasteiger partial charge in [0.15, 0.2) is 0 Å². The lowest BCUT2D eigenvalue weighted by molar-refractivity contribution is -0.135. The monoisotopic (exact) mass is 247 g/mol. The lowest BCUT2D eigenvalue weighted by Gasteiger charge is -2.33. The van der Waals surface area contributed by atoms with Crippen molar-refractivity contribution in [3.8, 4) is 5.75 Å². The van der Waals surface area contributed by atoms with Gasteiger partial charge in [0.25, 0.3) is 0 Å². The summed E-state index contributed by atoms with van der Waals surface area (Å²) in [7, 11) is 1.88. The van der Waals surface area contributed by atoms with Gasteiger partial charge in [0.1, 0.15) is 5.75 Å². The van der Waals surface area contributed by atoms with E-state index in [9.17, 15) is 9.90 Å². The highest BCUT2D eigenvalue weighted by molar-refractivity contribution is 5.88. The molecule has 98 valence electrons. The molecule has 2 rings (SSSR count). The van der Waals surface area contributed by atoms with Crippen molar-refractivity contribution in [1.82, 2.24) is 4.90 Å². The van der Waals surface area contributed by atoms with Crippen molar-refractivity contribution >= 4 is 5.91 Å². The molecule has 0 aliphatic carbocycles. The van der Waals surface area contributed by atoms with Gasteiger partial charge in [0, 0.05) is 13.6 Å². The van der Waals surface area contributed by atoms with E-state index >= 15 is 0 Å². The fourth-order valence-electron chi connectivity index (χ4n) is 2.95. The number of benzene rings is 1. The first-order valence-electron chi connectivity index (χ1n) is 6.65. The molecule has 18 heavy (non-hydrogen) atoms. The summed E-state index contributed by atoms with van der Waals surface area (Å²) in [5.74, 6) is 0.424. The van der Waals surface area contributed by atoms with Gasteiger partial charge in [-0.05, 0) is 37.0 Å². The van der Waals surface area contributed by atoms with Crippen LogP contribution in [0.25, 0.3) is 0 Å². The van der Waals surface area contributed by atoms with Crippen molar-refractivity contribution < 1.29 is 9.90 Å². The molecule has 1 aromatic carbocycles. The molecule has 1 aliphatic rings. The summed E-state index contributed by atoms with van der Waals surface area (Å²) in [6.07, 6.45) is 3.76. The summed E-state index contributed by atoms with van der Waals surface area (Å²) in [6, 6.07) is 7.17. The van der Waals surface area contributed by atoms with E-state index in [1.807, 2.05) is 24.1 Å². The Kier molecular flexibility index (Phi) is 3.60. The predicted octanol–water partition coefficient (Wildman–Crippen LogP) is 2.68. The van der Waals surface area contributed by atoms with E-state index in [4.69, 9.17) is 0 Å². The van der Waals surface area contributed by atoms with Crippen LogP contribution in [-0.2, 0) is 10.2 Å². The zero-order valence-electron chi connectivity index (χ0n) is 11.1. The number of phenolic OH excluding ortho intramolecular Hbond substituents is 1. The third-order valence-corrected chi connectivity index (χ3v) is 4.11. The van der Waals surface area contributed by atoms with Gasteiger partial charge in [0.2, 0.25) is 5.91 Å². The van der Waals surface area contributed by atoms with E-state index in [0.29, 0.717) is 0 Å². The number of phenols is 1. The topological polar surface area (TPSA) is 40.5 Å². The van der Waals surface area contributed by atoms with Crippen LogP contribution in [0.1, 0.15) is 38.2 Å².